The Bertz CT molecular complexity index is 304. The molecule has 0 aromatic carbocycles. The number of urea groups is 1. The van der Waals surface area contributed by atoms with Crippen molar-refractivity contribution in [2.75, 3.05) is 26.4 Å². The molecule has 0 aliphatic heterocycles. The number of hydrogen-bond donors (Lipinski definition) is 2. The van der Waals surface area contributed by atoms with Crippen molar-refractivity contribution in [3.05, 3.63) is 0 Å². The lowest BCUT2D eigenvalue weighted by molar-refractivity contribution is -0.137. The number of hydrogen-bond acceptors (Lipinski definition) is 3. The number of carboxylic acids is 1. The number of nitrogens with zero attached hydrogens (tertiary/aromatic N) is 1. The van der Waals surface area contributed by atoms with E-state index in [2.05, 4.69) is 11.6 Å². The zero-order valence-corrected chi connectivity index (χ0v) is 11.9. The van der Waals surface area contributed by atoms with Gasteiger partial charge in [0.2, 0.25) is 0 Å². The Balaban J connectivity index is 2.33. The van der Waals surface area contributed by atoms with Gasteiger partial charge in [-0.2, -0.15) is 11.8 Å². The van der Waals surface area contributed by atoms with E-state index in [0.29, 0.717) is 6.54 Å². The van der Waals surface area contributed by atoms with Crippen LogP contribution in [0.4, 0.5) is 4.79 Å². The second kappa shape index (κ2) is 6.87. The average molecular weight is 274 g/mol. The second-order valence-electron chi connectivity index (χ2n) is 4.82. The molecule has 1 aliphatic carbocycles. The molecule has 104 valence electrons. The lowest BCUT2D eigenvalue weighted by atomic mass is 10.1. The first-order chi connectivity index (χ1) is 8.49. The van der Waals surface area contributed by atoms with Gasteiger partial charge in [-0.25, -0.2) is 4.79 Å². The minimum atomic E-state index is -0.883. The molecule has 1 fully saturated rings. The summed E-state index contributed by atoms with van der Waals surface area (Å²) in [5.41, 5.74) is 0. The van der Waals surface area contributed by atoms with Gasteiger partial charge >= 0.3 is 12.0 Å². The van der Waals surface area contributed by atoms with Gasteiger partial charge in [0.25, 0.3) is 0 Å². The number of aliphatic carboxylic acids is 1. The molecule has 0 radical (unpaired) electrons. The van der Waals surface area contributed by atoms with Crippen LogP contribution in [0.3, 0.4) is 0 Å². The molecule has 1 rings (SSSR count). The summed E-state index contributed by atoms with van der Waals surface area (Å²) in [4.78, 5) is 23.6. The maximum absolute atomic E-state index is 11.8. The van der Waals surface area contributed by atoms with Gasteiger partial charge in [0.1, 0.15) is 0 Å². The van der Waals surface area contributed by atoms with Crippen LogP contribution >= 0.6 is 11.8 Å². The number of carboxylic acid groups (broad SMARTS) is 1. The van der Waals surface area contributed by atoms with Crippen LogP contribution in [0.15, 0.2) is 0 Å². The lowest BCUT2D eigenvalue weighted by Gasteiger charge is -2.28. The minimum absolute atomic E-state index is 0.0163. The van der Waals surface area contributed by atoms with E-state index in [1.54, 1.807) is 7.05 Å². The Labute approximate surface area is 112 Å². The zero-order valence-electron chi connectivity index (χ0n) is 11.1. The van der Waals surface area contributed by atoms with E-state index < -0.39 is 5.97 Å². The molecule has 0 saturated heterocycles. The van der Waals surface area contributed by atoms with Gasteiger partial charge < -0.3 is 15.3 Å². The van der Waals surface area contributed by atoms with E-state index in [4.69, 9.17) is 5.11 Å². The molecule has 18 heavy (non-hydrogen) atoms. The Kier molecular flexibility index (Phi) is 5.78. The van der Waals surface area contributed by atoms with Crippen molar-refractivity contribution < 1.29 is 14.7 Å². The summed E-state index contributed by atoms with van der Waals surface area (Å²) in [6, 6.07) is -0.184. The largest absolute Gasteiger partial charge is 0.481 e. The summed E-state index contributed by atoms with van der Waals surface area (Å²) in [5, 5.41) is 11.5. The highest BCUT2D eigenvalue weighted by molar-refractivity contribution is 8.00. The summed E-state index contributed by atoms with van der Waals surface area (Å²) in [7, 11) is 1.62. The number of thioether (sulfide) groups is 1. The third kappa shape index (κ3) is 4.40. The number of amides is 2. The van der Waals surface area contributed by atoms with Gasteiger partial charge in [0.05, 0.1) is 6.42 Å². The standard InChI is InChI=1S/C12H22N2O3S/c1-14(8-5-10(15)16)11(17)13-9-12(18-2)6-3-4-7-12/h3-9H2,1-2H3,(H,13,17)(H,15,16). The zero-order chi connectivity index (χ0) is 13.6. The summed E-state index contributed by atoms with van der Waals surface area (Å²) < 4.78 is 0.184. The molecule has 0 aromatic rings. The van der Waals surface area contributed by atoms with E-state index in [1.165, 1.54) is 17.7 Å². The van der Waals surface area contributed by atoms with Crippen molar-refractivity contribution in [1.82, 2.24) is 10.2 Å². The van der Waals surface area contributed by atoms with Crippen LogP contribution in [0, 0.1) is 0 Å². The van der Waals surface area contributed by atoms with Gasteiger partial charge in [0.15, 0.2) is 0 Å². The van der Waals surface area contributed by atoms with Crippen LogP contribution in [-0.2, 0) is 4.79 Å². The van der Waals surface area contributed by atoms with E-state index in [1.807, 2.05) is 11.8 Å². The molecule has 0 aromatic heterocycles. The van der Waals surface area contributed by atoms with Crippen LogP contribution < -0.4 is 5.32 Å². The van der Waals surface area contributed by atoms with E-state index in [0.717, 1.165) is 12.8 Å². The summed E-state index contributed by atoms with van der Waals surface area (Å²) in [5.74, 6) is -0.883. The van der Waals surface area contributed by atoms with Gasteiger partial charge in [0, 0.05) is 24.9 Å². The number of carbonyl (C=O) groups is 2. The third-order valence-corrected chi connectivity index (χ3v) is 4.94. The minimum Gasteiger partial charge on any atom is -0.481 e. The SMILES string of the molecule is CSC1(CNC(=O)N(C)CCC(=O)O)CCCC1. The molecular weight excluding hydrogens is 252 g/mol. The molecule has 0 bridgehead atoms. The average Bonchev–Trinajstić information content (AvgIpc) is 2.82. The van der Waals surface area contributed by atoms with Gasteiger partial charge in [-0.05, 0) is 19.1 Å². The fourth-order valence-corrected chi connectivity index (χ4v) is 3.12. The Morgan fingerprint density at radius 2 is 2.00 bits per heavy atom. The molecule has 1 saturated carbocycles. The van der Waals surface area contributed by atoms with Crippen molar-refractivity contribution in [2.24, 2.45) is 0 Å². The molecule has 2 N–H and O–H groups in total. The Morgan fingerprint density at radius 3 is 2.50 bits per heavy atom. The molecule has 5 nitrogen and oxygen atoms in total. The second-order valence-corrected chi connectivity index (χ2v) is 6.09. The number of carbonyl (C=O) groups excluding carboxylic acids is 1. The first kappa shape index (κ1) is 15.1. The quantitative estimate of drug-likeness (QED) is 0.774. The third-order valence-electron chi connectivity index (χ3n) is 3.52. The Morgan fingerprint density at radius 1 is 1.39 bits per heavy atom. The fourth-order valence-electron chi connectivity index (χ4n) is 2.21. The topological polar surface area (TPSA) is 69.6 Å². The molecule has 6 heteroatoms. The van der Waals surface area contributed by atoms with Gasteiger partial charge in [-0.3, -0.25) is 4.79 Å². The smallest absolute Gasteiger partial charge is 0.317 e. The van der Waals surface area contributed by atoms with E-state index in [9.17, 15) is 9.59 Å². The van der Waals surface area contributed by atoms with Crippen molar-refractivity contribution in [2.45, 2.75) is 36.9 Å². The molecule has 0 atom stereocenters. The molecule has 0 heterocycles. The molecule has 2 amide bonds. The van der Waals surface area contributed by atoms with Crippen LogP contribution in [0.25, 0.3) is 0 Å². The van der Waals surface area contributed by atoms with Crippen molar-refractivity contribution in [3.8, 4) is 0 Å². The molecule has 0 spiro atoms. The predicted octanol–water partition coefficient (Wildman–Crippen LogP) is 1.78. The first-order valence-electron chi connectivity index (χ1n) is 6.25. The Hall–Kier alpha value is -0.910. The molecular formula is C12H22N2O3S. The van der Waals surface area contributed by atoms with Crippen LogP contribution in [-0.4, -0.2) is 53.1 Å². The number of nitrogens with one attached hydrogen (secondary N) is 1. The molecule has 1 aliphatic rings. The predicted molar refractivity (Wildman–Crippen MR) is 73.0 cm³/mol. The summed E-state index contributed by atoms with van der Waals surface area (Å²) >= 11 is 1.82. The van der Waals surface area contributed by atoms with Crippen molar-refractivity contribution in [3.63, 3.8) is 0 Å². The van der Waals surface area contributed by atoms with E-state index in [-0.39, 0.29) is 23.7 Å². The highest BCUT2D eigenvalue weighted by atomic mass is 32.2. The maximum atomic E-state index is 11.8. The van der Waals surface area contributed by atoms with Crippen LogP contribution in [0.5, 0.6) is 0 Å². The van der Waals surface area contributed by atoms with Crippen LogP contribution in [0.1, 0.15) is 32.1 Å². The highest BCUT2D eigenvalue weighted by Gasteiger charge is 2.33. The van der Waals surface area contributed by atoms with Gasteiger partial charge in [-0.1, -0.05) is 12.8 Å². The van der Waals surface area contributed by atoms with Crippen LogP contribution in [0.2, 0.25) is 0 Å². The first-order valence-corrected chi connectivity index (χ1v) is 7.47. The van der Waals surface area contributed by atoms with Crippen molar-refractivity contribution >= 4 is 23.8 Å². The summed E-state index contributed by atoms with van der Waals surface area (Å²) in [6.45, 7) is 0.915. The van der Waals surface area contributed by atoms with Gasteiger partial charge in [-0.15, -0.1) is 0 Å². The van der Waals surface area contributed by atoms with Crippen molar-refractivity contribution in [1.29, 1.82) is 0 Å². The fraction of sp³-hybridized carbons (Fsp3) is 0.833. The summed E-state index contributed by atoms with van der Waals surface area (Å²) in [6.07, 6.45) is 6.82. The monoisotopic (exact) mass is 274 g/mol. The number of rotatable bonds is 6. The maximum Gasteiger partial charge on any atom is 0.317 e. The highest BCUT2D eigenvalue weighted by Crippen LogP contribution is 2.39. The normalized spacial score (nSPS) is 17.4. The van der Waals surface area contributed by atoms with E-state index >= 15 is 0 Å². The molecule has 0 unspecified atom stereocenters. The lowest BCUT2D eigenvalue weighted by Crippen LogP contribution is -2.44.